The van der Waals surface area contributed by atoms with Crippen LogP contribution in [0.2, 0.25) is 5.02 Å². The average molecular weight is 504 g/mol. The Morgan fingerprint density at radius 1 is 1.18 bits per heavy atom. The van der Waals surface area contributed by atoms with E-state index in [9.17, 15) is 22.7 Å². The van der Waals surface area contributed by atoms with E-state index in [1.54, 1.807) is 12.1 Å². The molecule has 0 fully saturated rings. The van der Waals surface area contributed by atoms with E-state index >= 15 is 0 Å². The first-order valence-electron chi connectivity index (χ1n) is 9.93. The van der Waals surface area contributed by atoms with Gasteiger partial charge in [0.15, 0.2) is 17.5 Å². The zero-order valence-corrected chi connectivity index (χ0v) is 19.8. The number of carboxylic acid groups (broad SMARTS) is 1. The van der Waals surface area contributed by atoms with E-state index in [2.05, 4.69) is 25.3 Å². The molecule has 176 valence electrons. The molecule has 0 saturated heterocycles. The predicted octanol–water partition coefficient (Wildman–Crippen LogP) is 4.23. The van der Waals surface area contributed by atoms with Gasteiger partial charge in [-0.1, -0.05) is 29.3 Å². The normalized spacial score (nSPS) is 12.1. The maximum Gasteiger partial charge on any atom is 0.328 e. The van der Waals surface area contributed by atoms with Crippen LogP contribution in [-0.4, -0.2) is 45.0 Å². The van der Waals surface area contributed by atoms with Crippen molar-refractivity contribution in [2.75, 3.05) is 5.32 Å². The summed E-state index contributed by atoms with van der Waals surface area (Å²) in [6.45, 7) is 4.53. The molecular formula is C22H19ClFN5O4S. The molecule has 4 rings (SSSR count). The lowest BCUT2D eigenvalue weighted by atomic mass is 10.1. The third-order valence-electron chi connectivity index (χ3n) is 5.16. The number of aromatic amines is 1. The van der Waals surface area contributed by atoms with Crippen LogP contribution in [0.5, 0.6) is 0 Å². The first-order valence-corrected chi connectivity index (χ1v) is 11.8. The summed E-state index contributed by atoms with van der Waals surface area (Å²) in [7, 11) is -4.09. The molecule has 0 bridgehead atoms. The van der Waals surface area contributed by atoms with Crippen LogP contribution in [0.25, 0.3) is 22.4 Å². The minimum atomic E-state index is -4.09. The first-order chi connectivity index (χ1) is 15.9. The molecular weight excluding hydrogens is 485 g/mol. The van der Waals surface area contributed by atoms with Crippen LogP contribution in [0.3, 0.4) is 0 Å². The number of benzene rings is 1. The Balaban J connectivity index is 1.93. The fraction of sp³-hybridized carbons (Fsp3) is 0.182. The number of anilines is 1. The lowest BCUT2D eigenvalue weighted by molar-refractivity contribution is -0.141. The summed E-state index contributed by atoms with van der Waals surface area (Å²) in [6.07, 6.45) is 3.52. The van der Waals surface area contributed by atoms with Gasteiger partial charge in [0, 0.05) is 18.0 Å². The molecule has 0 unspecified atom stereocenters. The van der Waals surface area contributed by atoms with Gasteiger partial charge in [-0.2, -0.15) is 0 Å². The highest BCUT2D eigenvalue weighted by molar-refractivity contribution is 7.91. The summed E-state index contributed by atoms with van der Waals surface area (Å²) in [5, 5.41) is 11.9. The minimum absolute atomic E-state index is 0.0326. The fourth-order valence-corrected chi connectivity index (χ4v) is 5.21. The third kappa shape index (κ3) is 4.08. The zero-order chi connectivity index (χ0) is 24.8. The minimum Gasteiger partial charge on any atom is -0.480 e. The molecule has 34 heavy (non-hydrogen) atoms. The van der Waals surface area contributed by atoms with E-state index in [0.29, 0.717) is 0 Å². The quantitative estimate of drug-likeness (QED) is 0.355. The second-order valence-electron chi connectivity index (χ2n) is 8.12. The Kier molecular flexibility index (Phi) is 5.78. The number of rotatable bonds is 6. The lowest BCUT2D eigenvalue weighted by Gasteiger charge is -2.22. The van der Waals surface area contributed by atoms with Crippen LogP contribution in [0, 0.1) is 12.7 Å². The monoisotopic (exact) mass is 503 g/mol. The number of H-pyrrole nitrogens is 1. The van der Waals surface area contributed by atoms with Gasteiger partial charge in [-0.25, -0.2) is 32.6 Å². The molecule has 0 amide bonds. The van der Waals surface area contributed by atoms with Crippen LogP contribution < -0.4 is 5.32 Å². The number of hydrogen-bond acceptors (Lipinski definition) is 7. The molecule has 0 aliphatic heterocycles. The molecule has 0 aliphatic rings. The van der Waals surface area contributed by atoms with Crippen molar-refractivity contribution in [2.24, 2.45) is 0 Å². The SMILES string of the molecule is Cc1ccc(S(=O)(=O)c2c(Cl)cnc3[nH]cc(-c4ncc(F)c(NC(C)(C)C(=O)O)n4)c23)cc1. The Bertz CT molecular complexity index is 1540. The van der Waals surface area contributed by atoms with Crippen molar-refractivity contribution >= 4 is 44.3 Å². The number of halogens is 2. The van der Waals surface area contributed by atoms with E-state index in [0.717, 1.165) is 11.8 Å². The summed E-state index contributed by atoms with van der Waals surface area (Å²) in [4.78, 5) is 26.4. The van der Waals surface area contributed by atoms with Gasteiger partial charge < -0.3 is 15.4 Å². The lowest BCUT2D eigenvalue weighted by Crippen LogP contribution is -2.40. The van der Waals surface area contributed by atoms with E-state index in [-0.39, 0.29) is 43.1 Å². The average Bonchev–Trinajstić information content (AvgIpc) is 3.19. The topological polar surface area (TPSA) is 138 Å². The van der Waals surface area contributed by atoms with Crippen molar-refractivity contribution < 1.29 is 22.7 Å². The summed E-state index contributed by atoms with van der Waals surface area (Å²) in [5.74, 6) is -2.51. The van der Waals surface area contributed by atoms with Crippen LogP contribution >= 0.6 is 11.6 Å². The fourth-order valence-electron chi connectivity index (χ4n) is 3.25. The van der Waals surface area contributed by atoms with Crippen molar-refractivity contribution in [3.63, 3.8) is 0 Å². The molecule has 12 heteroatoms. The maximum atomic E-state index is 14.4. The third-order valence-corrected chi connectivity index (χ3v) is 7.41. The molecule has 3 heterocycles. The number of nitrogens with zero attached hydrogens (tertiary/aromatic N) is 3. The van der Waals surface area contributed by atoms with Crippen molar-refractivity contribution in [3.8, 4) is 11.4 Å². The van der Waals surface area contributed by atoms with Gasteiger partial charge in [0.05, 0.1) is 21.5 Å². The molecule has 0 radical (unpaired) electrons. The molecule has 4 aromatic rings. The Hall–Kier alpha value is -3.57. The number of aryl methyl sites for hydroxylation is 1. The Morgan fingerprint density at radius 3 is 2.50 bits per heavy atom. The molecule has 9 nitrogen and oxygen atoms in total. The second-order valence-corrected chi connectivity index (χ2v) is 10.4. The molecule has 3 aromatic heterocycles. The standard InChI is InChI=1S/C22H19ClFN5O4S/c1-11-4-6-12(7-5-11)34(32,33)17-14(23)9-26-20-16(17)13(8-25-20)18-27-10-15(24)19(28-18)29-22(2,3)21(30)31/h4-10H,1-3H3,(H,25,26)(H,30,31)(H,27,28,29). The van der Waals surface area contributed by atoms with Crippen molar-refractivity contribution in [1.29, 1.82) is 0 Å². The van der Waals surface area contributed by atoms with Gasteiger partial charge in [-0.05, 0) is 32.9 Å². The van der Waals surface area contributed by atoms with Crippen LogP contribution in [0.1, 0.15) is 19.4 Å². The van der Waals surface area contributed by atoms with Crippen LogP contribution in [0.4, 0.5) is 10.2 Å². The number of sulfone groups is 1. The number of pyridine rings is 1. The number of hydrogen-bond donors (Lipinski definition) is 3. The molecule has 0 atom stereocenters. The highest BCUT2D eigenvalue weighted by Crippen LogP contribution is 2.38. The van der Waals surface area contributed by atoms with Crippen molar-refractivity contribution in [2.45, 2.75) is 36.1 Å². The molecule has 3 N–H and O–H groups in total. The molecule has 0 spiro atoms. The molecule has 0 saturated carbocycles. The Labute approximate surface area is 199 Å². The van der Waals surface area contributed by atoms with E-state index in [4.69, 9.17) is 11.6 Å². The largest absolute Gasteiger partial charge is 0.480 e. The molecule has 0 aliphatic carbocycles. The van der Waals surface area contributed by atoms with Gasteiger partial charge >= 0.3 is 5.97 Å². The number of nitrogens with one attached hydrogen (secondary N) is 2. The number of aromatic nitrogens is 4. The zero-order valence-electron chi connectivity index (χ0n) is 18.2. The van der Waals surface area contributed by atoms with E-state index in [1.807, 2.05) is 6.92 Å². The number of aliphatic carboxylic acids is 1. The predicted molar refractivity (Wildman–Crippen MR) is 124 cm³/mol. The summed E-state index contributed by atoms with van der Waals surface area (Å²) in [6, 6.07) is 6.29. The van der Waals surface area contributed by atoms with Gasteiger partial charge in [0.2, 0.25) is 9.84 Å². The highest BCUT2D eigenvalue weighted by Gasteiger charge is 2.30. The van der Waals surface area contributed by atoms with E-state index in [1.165, 1.54) is 38.4 Å². The van der Waals surface area contributed by atoms with Crippen LogP contribution in [0.15, 0.2) is 52.6 Å². The second kappa shape index (κ2) is 8.33. The molecule has 1 aromatic carbocycles. The van der Waals surface area contributed by atoms with Crippen LogP contribution in [-0.2, 0) is 14.6 Å². The van der Waals surface area contributed by atoms with Crippen molar-refractivity contribution in [3.05, 3.63) is 59.3 Å². The summed E-state index contributed by atoms with van der Waals surface area (Å²) >= 11 is 6.33. The first kappa shape index (κ1) is 23.6. The smallest absolute Gasteiger partial charge is 0.328 e. The van der Waals surface area contributed by atoms with Gasteiger partial charge in [-0.3, -0.25) is 0 Å². The van der Waals surface area contributed by atoms with Gasteiger partial charge in [0.1, 0.15) is 16.1 Å². The van der Waals surface area contributed by atoms with Gasteiger partial charge in [0.25, 0.3) is 0 Å². The maximum absolute atomic E-state index is 14.4. The summed E-state index contributed by atoms with van der Waals surface area (Å²) < 4.78 is 41.5. The Morgan fingerprint density at radius 2 is 1.85 bits per heavy atom. The highest BCUT2D eigenvalue weighted by atomic mass is 35.5. The number of carboxylic acids is 1. The number of carbonyl (C=O) groups is 1. The number of fused-ring (bicyclic) bond motifs is 1. The van der Waals surface area contributed by atoms with Crippen molar-refractivity contribution in [1.82, 2.24) is 19.9 Å². The summed E-state index contributed by atoms with van der Waals surface area (Å²) in [5.41, 5.74) is -0.237. The van der Waals surface area contributed by atoms with Gasteiger partial charge in [-0.15, -0.1) is 0 Å². The van der Waals surface area contributed by atoms with E-state index < -0.39 is 27.2 Å².